The fourth-order valence-electron chi connectivity index (χ4n) is 2.38. The summed E-state index contributed by atoms with van der Waals surface area (Å²) in [5, 5.41) is 0. The van der Waals surface area contributed by atoms with Gasteiger partial charge in [-0.3, -0.25) is 4.79 Å². The van der Waals surface area contributed by atoms with Gasteiger partial charge in [0, 0.05) is 18.2 Å². The van der Waals surface area contributed by atoms with Crippen LogP contribution in [0.15, 0.2) is 24.3 Å². The van der Waals surface area contributed by atoms with Crippen LogP contribution in [0.1, 0.15) is 19.3 Å². The zero-order chi connectivity index (χ0) is 11.1. The third-order valence-corrected chi connectivity index (χ3v) is 3.50. The van der Waals surface area contributed by atoms with Crippen molar-refractivity contribution in [3.8, 4) is 5.75 Å². The second-order valence-electron chi connectivity index (χ2n) is 4.57. The average molecular weight is 217 g/mol. The Bertz CT molecular complexity index is 408. The second kappa shape index (κ2) is 3.51. The number of anilines is 1. The fourth-order valence-corrected chi connectivity index (χ4v) is 2.38. The Balaban J connectivity index is 1.81. The molecule has 16 heavy (non-hydrogen) atoms. The molecule has 3 rings (SSSR count). The molecule has 84 valence electrons. The van der Waals surface area contributed by atoms with Crippen LogP contribution in [0.5, 0.6) is 5.75 Å². The van der Waals surface area contributed by atoms with Gasteiger partial charge in [0.1, 0.15) is 5.75 Å². The largest absolute Gasteiger partial charge is 0.497 e. The highest BCUT2D eigenvalue weighted by atomic mass is 16.5. The first-order valence-electron chi connectivity index (χ1n) is 5.75. The van der Waals surface area contributed by atoms with Gasteiger partial charge in [-0.2, -0.15) is 0 Å². The topological polar surface area (TPSA) is 29.5 Å². The van der Waals surface area contributed by atoms with Crippen molar-refractivity contribution in [1.29, 1.82) is 0 Å². The highest BCUT2D eigenvalue weighted by molar-refractivity contribution is 6.01. The van der Waals surface area contributed by atoms with Gasteiger partial charge in [-0.1, -0.05) is 0 Å². The van der Waals surface area contributed by atoms with Gasteiger partial charge >= 0.3 is 0 Å². The van der Waals surface area contributed by atoms with Gasteiger partial charge in [0.15, 0.2) is 0 Å². The number of β-lactam (4-membered cyclic amide) rings is 1. The Morgan fingerprint density at radius 1 is 1.25 bits per heavy atom. The molecule has 0 bridgehead atoms. The maximum Gasteiger partial charge on any atom is 0.229 e. The molecule has 2 aliphatic rings. The van der Waals surface area contributed by atoms with Crippen molar-refractivity contribution in [1.82, 2.24) is 0 Å². The summed E-state index contributed by atoms with van der Waals surface area (Å²) in [6, 6.07) is 8.20. The van der Waals surface area contributed by atoms with E-state index in [4.69, 9.17) is 4.74 Å². The monoisotopic (exact) mass is 217 g/mol. The minimum atomic E-state index is 0.252. The maximum absolute atomic E-state index is 11.6. The van der Waals surface area contributed by atoms with Crippen LogP contribution < -0.4 is 9.64 Å². The molecule has 1 saturated carbocycles. The number of nitrogens with zero attached hydrogens (tertiary/aromatic N) is 1. The minimum absolute atomic E-state index is 0.252. The Labute approximate surface area is 95.0 Å². The van der Waals surface area contributed by atoms with Gasteiger partial charge in [-0.05, 0) is 43.0 Å². The lowest BCUT2D eigenvalue weighted by molar-refractivity contribution is -0.124. The van der Waals surface area contributed by atoms with Crippen molar-refractivity contribution in [2.24, 2.45) is 5.92 Å². The molecule has 2 fully saturated rings. The summed E-state index contributed by atoms with van der Waals surface area (Å²) >= 11 is 0. The molecule has 3 heteroatoms. The summed E-state index contributed by atoms with van der Waals surface area (Å²) < 4.78 is 5.11. The smallest absolute Gasteiger partial charge is 0.229 e. The molecule has 1 aromatic rings. The van der Waals surface area contributed by atoms with Gasteiger partial charge in [-0.15, -0.1) is 0 Å². The van der Waals surface area contributed by atoms with E-state index in [0.717, 1.165) is 23.8 Å². The molecule has 0 aromatic heterocycles. The van der Waals surface area contributed by atoms with E-state index in [1.807, 2.05) is 29.2 Å². The van der Waals surface area contributed by atoms with Gasteiger partial charge in [0.05, 0.1) is 7.11 Å². The molecule has 1 atom stereocenters. The Kier molecular flexibility index (Phi) is 2.13. The maximum atomic E-state index is 11.6. The molecule has 1 aliphatic carbocycles. The minimum Gasteiger partial charge on any atom is -0.497 e. The summed E-state index contributed by atoms with van der Waals surface area (Å²) in [6.45, 7) is 0. The van der Waals surface area contributed by atoms with Crippen LogP contribution in [0.3, 0.4) is 0 Å². The van der Waals surface area contributed by atoms with Crippen LogP contribution in [0.4, 0.5) is 5.69 Å². The average Bonchev–Trinajstić information content (AvgIpc) is 3.10. The van der Waals surface area contributed by atoms with E-state index in [9.17, 15) is 4.79 Å². The fraction of sp³-hybridized carbons (Fsp3) is 0.462. The van der Waals surface area contributed by atoms with E-state index < -0.39 is 0 Å². The van der Waals surface area contributed by atoms with Gasteiger partial charge in [0.25, 0.3) is 0 Å². The van der Waals surface area contributed by atoms with Crippen molar-refractivity contribution in [3.05, 3.63) is 24.3 Å². The van der Waals surface area contributed by atoms with E-state index in [1.165, 1.54) is 12.8 Å². The third kappa shape index (κ3) is 1.47. The number of hydrogen-bond donors (Lipinski definition) is 0. The van der Waals surface area contributed by atoms with Crippen LogP contribution in [0.2, 0.25) is 0 Å². The van der Waals surface area contributed by atoms with Crippen LogP contribution in [-0.4, -0.2) is 19.1 Å². The van der Waals surface area contributed by atoms with E-state index in [0.29, 0.717) is 6.04 Å². The third-order valence-electron chi connectivity index (χ3n) is 3.50. The summed E-state index contributed by atoms with van der Waals surface area (Å²) in [4.78, 5) is 13.6. The molecule has 1 heterocycles. The molecule has 0 unspecified atom stereocenters. The lowest BCUT2D eigenvalue weighted by atomic mass is 9.96. The second-order valence-corrected chi connectivity index (χ2v) is 4.57. The zero-order valence-electron chi connectivity index (χ0n) is 9.35. The number of methoxy groups -OCH3 is 1. The van der Waals surface area contributed by atoms with E-state index >= 15 is 0 Å². The summed E-state index contributed by atoms with van der Waals surface area (Å²) in [5.74, 6) is 1.83. The molecule has 1 saturated heterocycles. The summed E-state index contributed by atoms with van der Waals surface area (Å²) in [5.41, 5.74) is 1.01. The molecule has 0 spiro atoms. The van der Waals surface area contributed by atoms with Crippen LogP contribution in [0.25, 0.3) is 0 Å². The zero-order valence-corrected chi connectivity index (χ0v) is 9.35. The van der Waals surface area contributed by atoms with Crippen LogP contribution in [-0.2, 0) is 4.79 Å². The Hall–Kier alpha value is -1.51. The first-order valence-corrected chi connectivity index (χ1v) is 5.75. The Morgan fingerprint density at radius 3 is 2.44 bits per heavy atom. The lowest BCUT2D eigenvalue weighted by Crippen LogP contribution is -2.54. The quantitative estimate of drug-likeness (QED) is 0.726. The molecule has 1 amide bonds. The van der Waals surface area contributed by atoms with Crippen LogP contribution >= 0.6 is 0 Å². The van der Waals surface area contributed by atoms with Gasteiger partial charge in [0.2, 0.25) is 5.91 Å². The number of carbonyl (C=O) groups excluding carboxylic acids is 1. The normalized spacial score (nSPS) is 24.2. The number of hydrogen-bond acceptors (Lipinski definition) is 2. The summed E-state index contributed by atoms with van der Waals surface area (Å²) in [6.07, 6.45) is 3.30. The SMILES string of the molecule is COc1ccc(N2C(=O)C[C@@H]2C2CC2)cc1. The van der Waals surface area contributed by atoms with Crippen LogP contribution in [0, 0.1) is 5.92 Å². The lowest BCUT2D eigenvalue weighted by Gasteiger charge is -2.40. The number of rotatable bonds is 3. The molecule has 3 nitrogen and oxygen atoms in total. The predicted molar refractivity (Wildman–Crippen MR) is 61.6 cm³/mol. The number of carbonyl (C=O) groups is 1. The predicted octanol–water partition coefficient (Wildman–Crippen LogP) is 2.21. The van der Waals surface area contributed by atoms with Gasteiger partial charge < -0.3 is 9.64 Å². The highest BCUT2D eigenvalue weighted by Crippen LogP contribution is 2.43. The molecular formula is C13H15NO2. The molecular weight excluding hydrogens is 202 g/mol. The molecule has 0 N–H and O–H groups in total. The van der Waals surface area contributed by atoms with Crippen molar-refractivity contribution in [2.45, 2.75) is 25.3 Å². The number of benzene rings is 1. The van der Waals surface area contributed by atoms with E-state index in [1.54, 1.807) is 7.11 Å². The van der Waals surface area contributed by atoms with E-state index in [-0.39, 0.29) is 5.91 Å². The molecule has 0 radical (unpaired) electrons. The first-order chi connectivity index (χ1) is 7.79. The van der Waals surface area contributed by atoms with Crippen molar-refractivity contribution in [2.75, 3.05) is 12.0 Å². The molecule has 1 aliphatic heterocycles. The molecule has 1 aromatic carbocycles. The van der Waals surface area contributed by atoms with Crippen molar-refractivity contribution < 1.29 is 9.53 Å². The highest BCUT2D eigenvalue weighted by Gasteiger charge is 2.46. The summed E-state index contributed by atoms with van der Waals surface area (Å²) in [7, 11) is 1.65. The Morgan fingerprint density at radius 2 is 1.94 bits per heavy atom. The standard InChI is InChI=1S/C13H15NO2/c1-16-11-6-4-10(5-7-11)14-12(8-13(14)15)9-2-3-9/h4-7,9,12H,2-3,8H2,1H3/t12-/m1/s1. The van der Waals surface area contributed by atoms with E-state index in [2.05, 4.69) is 0 Å². The van der Waals surface area contributed by atoms with Gasteiger partial charge in [-0.25, -0.2) is 0 Å². The number of ether oxygens (including phenoxy) is 1. The van der Waals surface area contributed by atoms with Crippen molar-refractivity contribution >= 4 is 11.6 Å². The van der Waals surface area contributed by atoms with Crippen molar-refractivity contribution in [3.63, 3.8) is 0 Å². The number of amides is 1. The first kappa shape index (κ1) is 9.70.